The Balaban J connectivity index is 2.23. The molecule has 0 unspecified atom stereocenters. The van der Waals surface area contributed by atoms with E-state index in [0.717, 1.165) is 6.20 Å². The van der Waals surface area contributed by atoms with Crippen molar-refractivity contribution in [2.24, 2.45) is 0 Å². The van der Waals surface area contributed by atoms with Crippen LogP contribution in [0.25, 0.3) is 0 Å². The van der Waals surface area contributed by atoms with Crippen LogP contribution in [0.1, 0.15) is 24.3 Å². The summed E-state index contributed by atoms with van der Waals surface area (Å²) < 4.78 is 23.7. The van der Waals surface area contributed by atoms with Crippen LogP contribution in [-0.2, 0) is 14.6 Å². The van der Waals surface area contributed by atoms with Gasteiger partial charge in [-0.05, 0) is 24.3 Å². The molecule has 1 aromatic carbocycles. The van der Waals surface area contributed by atoms with Crippen molar-refractivity contribution >= 4 is 44.6 Å². The van der Waals surface area contributed by atoms with Crippen LogP contribution in [0.4, 0.5) is 11.4 Å². The Hall–Kier alpha value is -2.52. The minimum Gasteiger partial charge on any atom is -0.326 e. The topological polar surface area (TPSA) is 118 Å². The minimum absolute atomic E-state index is 0.0672. The van der Waals surface area contributed by atoms with Crippen molar-refractivity contribution in [3.63, 3.8) is 0 Å². The quantitative estimate of drug-likeness (QED) is 0.765. The highest BCUT2D eigenvalue weighted by Gasteiger charge is 2.21. The Kier molecular flexibility index (Phi) is 5.70. The maximum atomic E-state index is 12.3. The molecule has 0 saturated heterocycles. The van der Waals surface area contributed by atoms with Crippen LogP contribution in [0.15, 0.2) is 35.6 Å². The van der Waals surface area contributed by atoms with E-state index in [2.05, 4.69) is 20.6 Å². The van der Waals surface area contributed by atoms with Crippen molar-refractivity contribution in [1.82, 2.24) is 9.97 Å². The molecular weight excluding hydrogens is 368 g/mol. The van der Waals surface area contributed by atoms with E-state index in [-0.39, 0.29) is 22.4 Å². The zero-order chi connectivity index (χ0) is 18.6. The molecule has 0 fully saturated rings. The molecule has 2 amide bonds. The van der Waals surface area contributed by atoms with Gasteiger partial charge >= 0.3 is 0 Å². The zero-order valence-corrected chi connectivity index (χ0v) is 15.0. The summed E-state index contributed by atoms with van der Waals surface area (Å²) in [5.41, 5.74) is 0.755. The van der Waals surface area contributed by atoms with Crippen molar-refractivity contribution in [3.05, 3.63) is 41.2 Å². The lowest BCUT2D eigenvalue weighted by Gasteiger charge is -2.08. The fourth-order valence-corrected chi connectivity index (χ4v) is 2.70. The summed E-state index contributed by atoms with van der Waals surface area (Å²) >= 11 is 5.90. The van der Waals surface area contributed by atoms with Gasteiger partial charge in [-0.2, -0.15) is 0 Å². The Morgan fingerprint density at radius 3 is 2.20 bits per heavy atom. The predicted octanol–water partition coefficient (Wildman–Crippen LogP) is 2.13. The number of aromatic nitrogens is 2. The van der Waals surface area contributed by atoms with E-state index in [9.17, 15) is 18.0 Å². The molecule has 132 valence electrons. The Morgan fingerprint density at radius 1 is 1.12 bits per heavy atom. The number of halogens is 1. The molecule has 0 aliphatic carbocycles. The van der Waals surface area contributed by atoms with E-state index < -0.39 is 20.9 Å². The van der Waals surface area contributed by atoms with E-state index in [1.807, 2.05) is 0 Å². The van der Waals surface area contributed by atoms with Crippen molar-refractivity contribution in [2.75, 3.05) is 16.4 Å². The van der Waals surface area contributed by atoms with E-state index >= 15 is 0 Å². The van der Waals surface area contributed by atoms with Crippen molar-refractivity contribution < 1.29 is 18.0 Å². The average molecular weight is 383 g/mol. The fourth-order valence-electron chi connectivity index (χ4n) is 1.82. The molecule has 8 nitrogen and oxygen atoms in total. The molecule has 0 radical (unpaired) electrons. The normalized spacial score (nSPS) is 11.0. The number of hydrogen-bond donors (Lipinski definition) is 2. The molecule has 0 aliphatic rings. The van der Waals surface area contributed by atoms with Crippen molar-refractivity contribution in [1.29, 1.82) is 0 Å². The molecule has 1 heterocycles. The first-order chi connectivity index (χ1) is 11.7. The molecule has 1 aromatic heterocycles. The van der Waals surface area contributed by atoms with Gasteiger partial charge < -0.3 is 10.6 Å². The van der Waals surface area contributed by atoms with Gasteiger partial charge in [0.15, 0.2) is 5.69 Å². The highest BCUT2D eigenvalue weighted by Crippen LogP contribution is 2.18. The number of anilines is 2. The van der Waals surface area contributed by atoms with Gasteiger partial charge in [0.1, 0.15) is 0 Å². The number of nitrogens with one attached hydrogen (secondary N) is 2. The van der Waals surface area contributed by atoms with E-state index in [4.69, 9.17) is 11.6 Å². The Morgan fingerprint density at radius 2 is 1.68 bits per heavy atom. The number of carbonyl (C=O) groups excluding carboxylic acids is 2. The van der Waals surface area contributed by atoms with Crippen LogP contribution in [0.3, 0.4) is 0 Å². The number of amides is 2. The first-order valence-electron chi connectivity index (χ1n) is 7.17. The molecule has 10 heteroatoms. The largest absolute Gasteiger partial charge is 0.326 e. The number of hydrogen-bond acceptors (Lipinski definition) is 6. The first-order valence-corrected chi connectivity index (χ1v) is 9.20. The summed E-state index contributed by atoms with van der Waals surface area (Å²) in [6.07, 6.45) is 1.08. The van der Waals surface area contributed by atoms with Gasteiger partial charge in [0, 0.05) is 18.3 Å². The van der Waals surface area contributed by atoms with Gasteiger partial charge in [0.2, 0.25) is 20.9 Å². The summed E-state index contributed by atoms with van der Waals surface area (Å²) in [7, 11) is -3.66. The molecule has 2 aromatic rings. The maximum Gasteiger partial charge on any atom is 0.275 e. The molecule has 0 saturated carbocycles. The maximum absolute atomic E-state index is 12.3. The first kappa shape index (κ1) is 18.8. The third-order valence-corrected chi connectivity index (χ3v) is 4.85. The van der Waals surface area contributed by atoms with Crippen LogP contribution in [0.2, 0.25) is 5.02 Å². The van der Waals surface area contributed by atoms with Crippen LogP contribution in [-0.4, -0.2) is 36.0 Å². The highest BCUT2D eigenvalue weighted by molar-refractivity contribution is 7.91. The van der Waals surface area contributed by atoms with E-state index in [1.54, 1.807) is 24.3 Å². The van der Waals surface area contributed by atoms with Crippen molar-refractivity contribution in [3.8, 4) is 0 Å². The van der Waals surface area contributed by atoms with Gasteiger partial charge in [0.05, 0.1) is 17.0 Å². The second kappa shape index (κ2) is 7.58. The summed E-state index contributed by atoms with van der Waals surface area (Å²) in [5.74, 6) is -1.08. The molecule has 0 aliphatic heterocycles. The summed E-state index contributed by atoms with van der Waals surface area (Å²) in [6, 6.07) is 6.35. The van der Waals surface area contributed by atoms with Gasteiger partial charge in [-0.3, -0.25) is 9.59 Å². The lowest BCUT2D eigenvalue weighted by Crippen LogP contribution is -2.18. The van der Waals surface area contributed by atoms with Crippen molar-refractivity contribution in [2.45, 2.75) is 19.0 Å². The van der Waals surface area contributed by atoms with E-state index in [1.165, 1.54) is 13.8 Å². The lowest BCUT2D eigenvalue weighted by molar-refractivity contribution is -0.114. The molecule has 2 N–H and O–H groups in total. The van der Waals surface area contributed by atoms with Gasteiger partial charge in [-0.1, -0.05) is 18.5 Å². The second-order valence-corrected chi connectivity index (χ2v) is 7.54. The Bertz CT molecular complexity index is 914. The third-order valence-electron chi connectivity index (χ3n) is 3.06. The SMILES string of the molecule is CCS(=O)(=O)c1ncc(Cl)c(C(=O)Nc2ccc(NC(C)=O)cc2)n1. The summed E-state index contributed by atoms with van der Waals surface area (Å²) in [6.45, 7) is 2.83. The van der Waals surface area contributed by atoms with Crippen LogP contribution in [0.5, 0.6) is 0 Å². The Labute approximate surface area is 149 Å². The fraction of sp³-hybridized carbons (Fsp3) is 0.200. The third kappa shape index (κ3) is 4.74. The smallest absolute Gasteiger partial charge is 0.275 e. The monoisotopic (exact) mass is 382 g/mol. The summed E-state index contributed by atoms with van der Waals surface area (Å²) in [4.78, 5) is 30.7. The van der Waals surface area contributed by atoms with E-state index in [0.29, 0.717) is 11.4 Å². The highest BCUT2D eigenvalue weighted by atomic mass is 35.5. The number of rotatable bonds is 5. The van der Waals surface area contributed by atoms with Gasteiger partial charge in [0.25, 0.3) is 5.91 Å². The molecule has 2 rings (SSSR count). The van der Waals surface area contributed by atoms with Crippen LogP contribution in [0, 0.1) is 0 Å². The molecule has 0 atom stereocenters. The number of benzene rings is 1. The zero-order valence-electron chi connectivity index (χ0n) is 13.4. The number of carbonyl (C=O) groups is 2. The average Bonchev–Trinajstić information content (AvgIpc) is 2.56. The lowest BCUT2D eigenvalue weighted by atomic mass is 10.2. The standard InChI is InChI=1S/C15H15ClN4O4S/c1-3-25(23,24)15-17-8-12(16)13(20-15)14(22)19-11-6-4-10(5-7-11)18-9(2)21/h4-8H,3H2,1-2H3,(H,18,21)(H,19,22). The number of sulfone groups is 1. The molecule has 25 heavy (non-hydrogen) atoms. The minimum atomic E-state index is -3.66. The molecule has 0 spiro atoms. The van der Waals surface area contributed by atoms with Gasteiger partial charge in [-0.25, -0.2) is 18.4 Å². The predicted molar refractivity (Wildman–Crippen MR) is 93.5 cm³/mol. The summed E-state index contributed by atoms with van der Waals surface area (Å²) in [5, 5.41) is 4.63. The van der Waals surface area contributed by atoms with Crippen LogP contribution < -0.4 is 10.6 Å². The number of nitrogens with zero attached hydrogens (tertiary/aromatic N) is 2. The van der Waals surface area contributed by atoms with Crippen LogP contribution >= 0.6 is 11.6 Å². The molecular formula is C15H15ClN4O4S. The van der Waals surface area contributed by atoms with Gasteiger partial charge in [-0.15, -0.1) is 0 Å². The molecule has 0 bridgehead atoms. The second-order valence-electron chi connectivity index (χ2n) is 4.97.